The van der Waals surface area contributed by atoms with Gasteiger partial charge in [-0.1, -0.05) is 31.2 Å². The van der Waals surface area contributed by atoms with Crippen LogP contribution in [0.1, 0.15) is 35.2 Å². The number of hydrogen-bond acceptors (Lipinski definition) is 4. The molecule has 28 heavy (non-hydrogen) atoms. The summed E-state index contributed by atoms with van der Waals surface area (Å²) in [5, 5.41) is 0. The average molecular weight is 403 g/mol. The molecular weight excluding hydrogens is 381 g/mol. The second kappa shape index (κ2) is 8.53. The van der Waals surface area contributed by atoms with Gasteiger partial charge in [0.1, 0.15) is 5.82 Å². The van der Waals surface area contributed by atoms with Crippen LogP contribution in [0.4, 0.5) is 4.39 Å². The Balaban J connectivity index is 1.70. The van der Waals surface area contributed by atoms with Gasteiger partial charge in [0.15, 0.2) is 0 Å². The van der Waals surface area contributed by atoms with Gasteiger partial charge in [-0.2, -0.15) is 4.31 Å². The Bertz CT molecular complexity index is 986. The number of piperidine rings is 1. The van der Waals surface area contributed by atoms with Crippen molar-refractivity contribution in [3.05, 3.63) is 72.1 Å². The lowest BCUT2D eigenvalue weighted by molar-refractivity contribution is 0.0942. The quantitative estimate of drug-likeness (QED) is 0.727. The normalized spacial score (nSPS) is 15.0. The van der Waals surface area contributed by atoms with Gasteiger partial charge in [-0.3, -0.25) is 15.6 Å². The lowest BCUT2D eigenvalue weighted by Crippen LogP contribution is -2.37. The second-order valence-electron chi connectivity index (χ2n) is 6.53. The molecule has 1 saturated heterocycles. The summed E-state index contributed by atoms with van der Waals surface area (Å²) in [6.45, 7) is 4.68. The van der Waals surface area contributed by atoms with Crippen LogP contribution in [0.5, 0.6) is 0 Å². The van der Waals surface area contributed by atoms with Crippen LogP contribution >= 0.6 is 0 Å². The van der Waals surface area contributed by atoms with Crippen molar-refractivity contribution < 1.29 is 17.6 Å². The number of sulfonamides is 1. The minimum atomic E-state index is -3.63. The molecule has 2 aromatic carbocycles. The molecule has 0 unspecified atom stereocenters. The SMILES string of the molecule is C=C(NNC(=O)c1cccc(S(=O)(=O)N2CCCCC2)c1)c1ccccc1F. The number of rotatable bonds is 6. The summed E-state index contributed by atoms with van der Waals surface area (Å²) >= 11 is 0. The first kappa shape index (κ1) is 20.0. The third-order valence-electron chi connectivity index (χ3n) is 4.57. The molecule has 0 spiro atoms. The molecule has 2 N–H and O–H groups in total. The maximum absolute atomic E-state index is 13.8. The zero-order valence-electron chi connectivity index (χ0n) is 15.3. The number of benzene rings is 2. The first-order valence-electron chi connectivity index (χ1n) is 9.00. The van der Waals surface area contributed by atoms with Crippen LogP contribution in [0.3, 0.4) is 0 Å². The summed E-state index contributed by atoms with van der Waals surface area (Å²) < 4.78 is 40.8. The molecule has 1 aliphatic rings. The van der Waals surface area contributed by atoms with Gasteiger partial charge >= 0.3 is 0 Å². The van der Waals surface area contributed by atoms with E-state index in [1.165, 1.54) is 40.7 Å². The smallest absolute Gasteiger partial charge is 0.269 e. The Hall–Kier alpha value is -2.71. The summed E-state index contributed by atoms with van der Waals surface area (Å²) in [5.74, 6) is -1.02. The second-order valence-corrected chi connectivity index (χ2v) is 8.47. The van der Waals surface area contributed by atoms with Crippen LogP contribution in [0, 0.1) is 5.82 Å². The van der Waals surface area contributed by atoms with Crippen molar-refractivity contribution in [1.29, 1.82) is 0 Å². The van der Waals surface area contributed by atoms with E-state index in [0.717, 1.165) is 19.3 Å². The predicted octanol–water partition coefficient (Wildman–Crippen LogP) is 2.91. The molecule has 8 heteroatoms. The van der Waals surface area contributed by atoms with Crippen LogP contribution in [-0.2, 0) is 10.0 Å². The Morgan fingerprint density at radius 3 is 2.43 bits per heavy atom. The topological polar surface area (TPSA) is 78.5 Å². The fourth-order valence-corrected chi connectivity index (χ4v) is 4.59. The fourth-order valence-electron chi connectivity index (χ4n) is 3.03. The molecule has 0 aliphatic carbocycles. The van der Waals surface area contributed by atoms with E-state index in [0.29, 0.717) is 13.1 Å². The van der Waals surface area contributed by atoms with Gasteiger partial charge in [0.2, 0.25) is 10.0 Å². The van der Waals surface area contributed by atoms with Gasteiger partial charge in [-0.15, -0.1) is 0 Å². The highest BCUT2D eigenvalue weighted by Crippen LogP contribution is 2.21. The van der Waals surface area contributed by atoms with Crippen molar-refractivity contribution in [1.82, 2.24) is 15.2 Å². The number of halogens is 1. The van der Waals surface area contributed by atoms with Crippen molar-refractivity contribution in [3.63, 3.8) is 0 Å². The molecule has 0 radical (unpaired) electrons. The Kier molecular flexibility index (Phi) is 6.11. The van der Waals surface area contributed by atoms with Crippen molar-refractivity contribution in [3.8, 4) is 0 Å². The Labute approximate surface area is 164 Å². The molecule has 1 fully saturated rings. The third kappa shape index (κ3) is 4.40. The highest BCUT2D eigenvalue weighted by atomic mass is 32.2. The van der Waals surface area contributed by atoms with Crippen LogP contribution in [0.2, 0.25) is 0 Å². The minimum absolute atomic E-state index is 0.0787. The van der Waals surface area contributed by atoms with Crippen LogP contribution in [-0.4, -0.2) is 31.7 Å². The van der Waals surface area contributed by atoms with Crippen molar-refractivity contribution in [2.75, 3.05) is 13.1 Å². The predicted molar refractivity (Wildman–Crippen MR) is 105 cm³/mol. The molecule has 2 aromatic rings. The molecule has 0 saturated carbocycles. The number of hydrogen-bond donors (Lipinski definition) is 2. The summed E-state index contributed by atoms with van der Waals surface area (Å²) in [4.78, 5) is 12.5. The van der Waals surface area contributed by atoms with Gasteiger partial charge < -0.3 is 0 Å². The zero-order chi connectivity index (χ0) is 20.1. The van der Waals surface area contributed by atoms with Crippen molar-refractivity contribution in [2.45, 2.75) is 24.2 Å². The van der Waals surface area contributed by atoms with Gasteiger partial charge in [0.25, 0.3) is 5.91 Å². The maximum Gasteiger partial charge on any atom is 0.269 e. The van der Waals surface area contributed by atoms with E-state index in [9.17, 15) is 17.6 Å². The minimum Gasteiger partial charge on any atom is -0.298 e. The molecule has 0 aromatic heterocycles. The standard InChI is InChI=1S/C20H22FN3O3S/c1-15(18-10-3-4-11-19(18)21)22-23-20(25)16-8-7-9-17(14-16)28(26,27)24-12-5-2-6-13-24/h3-4,7-11,14,22H,1-2,5-6,12-13H2,(H,23,25). The van der Waals surface area contributed by atoms with Gasteiger partial charge in [-0.25, -0.2) is 12.8 Å². The molecule has 1 heterocycles. The van der Waals surface area contributed by atoms with Crippen molar-refractivity contribution in [2.24, 2.45) is 0 Å². The third-order valence-corrected chi connectivity index (χ3v) is 6.47. The largest absolute Gasteiger partial charge is 0.298 e. The van der Waals surface area contributed by atoms with Crippen LogP contribution < -0.4 is 10.9 Å². The summed E-state index contributed by atoms with van der Waals surface area (Å²) in [6, 6.07) is 11.9. The number of carbonyl (C=O) groups is 1. The fraction of sp³-hybridized carbons (Fsp3) is 0.250. The van der Waals surface area contributed by atoms with E-state index in [2.05, 4.69) is 17.4 Å². The lowest BCUT2D eigenvalue weighted by Gasteiger charge is -2.26. The maximum atomic E-state index is 13.8. The molecule has 148 valence electrons. The summed E-state index contributed by atoms with van der Waals surface area (Å²) in [5.41, 5.74) is 5.57. The molecule has 1 aliphatic heterocycles. The summed E-state index contributed by atoms with van der Waals surface area (Å²) in [6.07, 6.45) is 2.69. The number of hydrazine groups is 1. The monoisotopic (exact) mass is 403 g/mol. The molecule has 0 bridgehead atoms. The number of nitrogens with zero attached hydrogens (tertiary/aromatic N) is 1. The van der Waals surface area contributed by atoms with Crippen LogP contribution in [0.25, 0.3) is 5.70 Å². The lowest BCUT2D eigenvalue weighted by atomic mass is 10.1. The van der Waals surface area contributed by atoms with E-state index >= 15 is 0 Å². The van der Waals surface area contributed by atoms with Gasteiger partial charge in [0, 0.05) is 24.2 Å². The first-order valence-corrected chi connectivity index (χ1v) is 10.4. The molecule has 1 amide bonds. The number of carbonyl (C=O) groups excluding carboxylic acids is 1. The molecule has 0 atom stereocenters. The number of amides is 1. The van der Waals surface area contributed by atoms with E-state index < -0.39 is 21.7 Å². The molecule has 3 rings (SSSR count). The highest BCUT2D eigenvalue weighted by Gasteiger charge is 2.26. The highest BCUT2D eigenvalue weighted by molar-refractivity contribution is 7.89. The number of nitrogens with one attached hydrogen (secondary N) is 2. The zero-order valence-corrected chi connectivity index (χ0v) is 16.1. The molecular formula is C20H22FN3O3S. The first-order chi connectivity index (χ1) is 13.4. The molecule has 6 nitrogen and oxygen atoms in total. The Morgan fingerprint density at radius 1 is 1.00 bits per heavy atom. The van der Waals surface area contributed by atoms with E-state index in [1.807, 2.05) is 0 Å². The van der Waals surface area contributed by atoms with E-state index in [4.69, 9.17) is 0 Å². The summed E-state index contributed by atoms with van der Waals surface area (Å²) in [7, 11) is -3.63. The Morgan fingerprint density at radius 2 is 1.71 bits per heavy atom. The van der Waals surface area contributed by atoms with E-state index in [-0.39, 0.29) is 21.7 Å². The van der Waals surface area contributed by atoms with Gasteiger partial charge in [-0.05, 0) is 43.2 Å². The van der Waals surface area contributed by atoms with Crippen molar-refractivity contribution >= 4 is 21.6 Å². The average Bonchev–Trinajstić information content (AvgIpc) is 2.73. The van der Waals surface area contributed by atoms with Gasteiger partial charge in [0.05, 0.1) is 10.6 Å². The van der Waals surface area contributed by atoms with E-state index in [1.54, 1.807) is 12.1 Å². The van der Waals surface area contributed by atoms with Crippen LogP contribution in [0.15, 0.2) is 60.0 Å².